The van der Waals surface area contributed by atoms with Gasteiger partial charge in [0.2, 0.25) is 0 Å². The Hall–Kier alpha value is -3.98. The summed E-state index contributed by atoms with van der Waals surface area (Å²) in [5.74, 6) is -1.18. The molecule has 2 aromatic carbocycles. The van der Waals surface area contributed by atoms with Crippen molar-refractivity contribution in [2.24, 2.45) is 10.7 Å². The van der Waals surface area contributed by atoms with E-state index < -0.39 is 27.0 Å². The third-order valence-corrected chi connectivity index (χ3v) is 7.17. The minimum atomic E-state index is -3.50. The average molecular weight is 491 g/mol. The average Bonchev–Trinajstić information content (AvgIpc) is 3.13. The van der Waals surface area contributed by atoms with E-state index >= 15 is 4.39 Å². The molecule has 0 radical (unpaired) electrons. The molecule has 2 aromatic heterocycles. The van der Waals surface area contributed by atoms with Crippen LogP contribution in [-0.2, 0) is 15.4 Å². The van der Waals surface area contributed by atoms with E-state index in [9.17, 15) is 12.8 Å². The van der Waals surface area contributed by atoms with Crippen molar-refractivity contribution in [3.8, 4) is 11.1 Å². The molecule has 1 aliphatic rings. The van der Waals surface area contributed by atoms with Gasteiger partial charge in [-0.15, -0.1) is 0 Å². The normalized spacial score (nSPS) is 17.2. The van der Waals surface area contributed by atoms with Crippen LogP contribution >= 0.6 is 0 Å². The van der Waals surface area contributed by atoms with Crippen molar-refractivity contribution in [1.82, 2.24) is 9.97 Å². The molecule has 176 valence electrons. The van der Waals surface area contributed by atoms with Crippen molar-refractivity contribution in [3.05, 3.63) is 113 Å². The standard InChI is InChI=1S/C26H20F2N4O2S/c1-15-10-18(8-9-31-15)26(20-4-3-5-23(28)24(20)25(29)32-26)21-12-16(6-7-22(21)27)17-11-19(14-30-13-17)35(2,33)34/h3-14H,1-2H3,(H2,29,32). The topological polar surface area (TPSA) is 98.3 Å². The van der Waals surface area contributed by atoms with Crippen molar-refractivity contribution in [2.75, 3.05) is 6.26 Å². The number of aryl methyl sites for hydroxylation is 1. The molecule has 0 spiro atoms. The molecule has 5 rings (SSSR count). The molecule has 0 aliphatic carbocycles. The quantitative estimate of drug-likeness (QED) is 0.464. The second-order valence-corrected chi connectivity index (χ2v) is 10.4. The highest BCUT2D eigenvalue weighted by molar-refractivity contribution is 7.90. The van der Waals surface area contributed by atoms with Crippen molar-refractivity contribution < 1.29 is 17.2 Å². The maximum atomic E-state index is 15.6. The third-order valence-electron chi connectivity index (χ3n) is 6.09. The molecular formula is C26H20F2N4O2S. The molecule has 35 heavy (non-hydrogen) atoms. The minimum Gasteiger partial charge on any atom is -0.383 e. The molecule has 4 aromatic rings. The highest BCUT2D eigenvalue weighted by Gasteiger charge is 2.46. The lowest BCUT2D eigenvalue weighted by Crippen LogP contribution is -2.27. The maximum absolute atomic E-state index is 15.6. The zero-order valence-corrected chi connectivity index (χ0v) is 19.6. The summed E-state index contributed by atoms with van der Waals surface area (Å²) in [6.45, 7) is 1.79. The first-order chi connectivity index (χ1) is 16.6. The number of nitrogens with two attached hydrogens (primary N) is 1. The first-order valence-corrected chi connectivity index (χ1v) is 12.5. The van der Waals surface area contributed by atoms with Crippen molar-refractivity contribution in [2.45, 2.75) is 17.4 Å². The molecule has 2 N–H and O–H groups in total. The highest BCUT2D eigenvalue weighted by Crippen LogP contribution is 2.48. The van der Waals surface area contributed by atoms with E-state index in [1.807, 2.05) is 0 Å². The Morgan fingerprint density at radius 3 is 2.46 bits per heavy atom. The summed E-state index contributed by atoms with van der Waals surface area (Å²) in [5.41, 5.74) is 7.61. The number of rotatable bonds is 4. The number of aromatic nitrogens is 2. The summed E-state index contributed by atoms with van der Waals surface area (Å²) in [6.07, 6.45) is 5.42. The Balaban J connectivity index is 1.82. The Labute approximate surface area is 201 Å². The number of fused-ring (bicyclic) bond motifs is 1. The number of amidine groups is 1. The second-order valence-electron chi connectivity index (χ2n) is 8.43. The third kappa shape index (κ3) is 3.68. The number of halogens is 2. The van der Waals surface area contributed by atoms with Crippen molar-refractivity contribution in [1.29, 1.82) is 0 Å². The van der Waals surface area contributed by atoms with Gasteiger partial charge in [0, 0.05) is 47.2 Å². The van der Waals surface area contributed by atoms with Gasteiger partial charge in [0.15, 0.2) is 9.84 Å². The van der Waals surface area contributed by atoms with E-state index in [2.05, 4.69) is 15.0 Å². The summed E-state index contributed by atoms with van der Waals surface area (Å²) in [5, 5.41) is 0. The lowest BCUT2D eigenvalue weighted by atomic mass is 9.76. The number of hydrogen-bond donors (Lipinski definition) is 1. The number of benzene rings is 2. The Morgan fingerprint density at radius 1 is 0.914 bits per heavy atom. The zero-order valence-electron chi connectivity index (χ0n) is 18.8. The van der Waals surface area contributed by atoms with Crippen LogP contribution in [0.3, 0.4) is 0 Å². The van der Waals surface area contributed by atoms with Crippen molar-refractivity contribution in [3.63, 3.8) is 0 Å². The molecule has 0 bridgehead atoms. The van der Waals surface area contributed by atoms with Crippen LogP contribution in [0.25, 0.3) is 11.1 Å². The predicted octanol–water partition coefficient (Wildman–Crippen LogP) is 4.14. The van der Waals surface area contributed by atoms with E-state index in [-0.39, 0.29) is 21.9 Å². The SMILES string of the molecule is Cc1cc(C2(c3cc(-c4cncc(S(C)(=O)=O)c4)ccc3F)N=C(N)c3c(F)cccc32)ccn1. The monoisotopic (exact) mass is 490 g/mol. The number of nitrogens with zero attached hydrogens (tertiary/aromatic N) is 3. The van der Waals surface area contributed by atoms with E-state index in [1.54, 1.807) is 37.4 Å². The number of pyridine rings is 2. The van der Waals surface area contributed by atoms with Crippen LogP contribution in [0.5, 0.6) is 0 Å². The lowest BCUT2D eigenvalue weighted by molar-refractivity contribution is 0.557. The van der Waals surface area contributed by atoms with Gasteiger partial charge in [-0.25, -0.2) is 22.2 Å². The molecule has 0 saturated carbocycles. The molecular weight excluding hydrogens is 470 g/mol. The van der Waals surface area contributed by atoms with Crippen LogP contribution in [0.4, 0.5) is 8.78 Å². The van der Waals surface area contributed by atoms with Gasteiger partial charge < -0.3 is 5.73 Å². The van der Waals surface area contributed by atoms with Crippen LogP contribution in [0.2, 0.25) is 0 Å². The Bertz CT molecular complexity index is 1640. The molecule has 0 saturated heterocycles. The first kappa shape index (κ1) is 22.8. The number of aliphatic imine (C=N–C) groups is 1. The molecule has 6 nitrogen and oxygen atoms in total. The molecule has 9 heteroatoms. The molecule has 3 heterocycles. The summed E-state index contributed by atoms with van der Waals surface area (Å²) in [6, 6.07) is 13.8. The van der Waals surface area contributed by atoms with Gasteiger partial charge in [0.25, 0.3) is 0 Å². The molecule has 0 fully saturated rings. The van der Waals surface area contributed by atoms with Gasteiger partial charge in [0.1, 0.15) is 23.0 Å². The summed E-state index contributed by atoms with van der Waals surface area (Å²) >= 11 is 0. The largest absolute Gasteiger partial charge is 0.383 e. The molecule has 0 amide bonds. The number of sulfone groups is 1. The Kier molecular flexibility index (Phi) is 5.25. The fourth-order valence-corrected chi connectivity index (χ4v) is 5.09. The molecule has 1 aliphatic heterocycles. The van der Waals surface area contributed by atoms with Gasteiger partial charge in [-0.3, -0.25) is 9.97 Å². The van der Waals surface area contributed by atoms with E-state index in [0.29, 0.717) is 27.9 Å². The van der Waals surface area contributed by atoms with Gasteiger partial charge in [0.05, 0.1) is 10.5 Å². The van der Waals surface area contributed by atoms with Gasteiger partial charge >= 0.3 is 0 Å². The van der Waals surface area contributed by atoms with Gasteiger partial charge in [-0.2, -0.15) is 0 Å². The lowest BCUT2D eigenvalue weighted by Gasteiger charge is -2.30. The van der Waals surface area contributed by atoms with Gasteiger partial charge in [-0.1, -0.05) is 18.2 Å². The fourth-order valence-electron chi connectivity index (χ4n) is 4.50. The Morgan fingerprint density at radius 2 is 1.71 bits per heavy atom. The fraction of sp³-hybridized carbons (Fsp3) is 0.115. The van der Waals surface area contributed by atoms with Crippen LogP contribution in [0.1, 0.15) is 27.9 Å². The number of hydrogen-bond acceptors (Lipinski definition) is 6. The zero-order chi connectivity index (χ0) is 25.0. The van der Waals surface area contributed by atoms with E-state index in [1.165, 1.54) is 42.7 Å². The molecule has 1 atom stereocenters. The minimum absolute atomic E-state index is 0.0379. The van der Waals surface area contributed by atoms with E-state index in [0.717, 1.165) is 6.26 Å². The highest BCUT2D eigenvalue weighted by atomic mass is 32.2. The van der Waals surface area contributed by atoms with Crippen LogP contribution in [-0.4, -0.2) is 30.5 Å². The maximum Gasteiger partial charge on any atom is 0.177 e. The van der Waals surface area contributed by atoms with Crippen LogP contribution in [0.15, 0.2) is 83.1 Å². The van der Waals surface area contributed by atoms with Gasteiger partial charge in [-0.05, 0) is 54.4 Å². The predicted molar refractivity (Wildman–Crippen MR) is 129 cm³/mol. The van der Waals surface area contributed by atoms with E-state index in [4.69, 9.17) is 5.73 Å². The molecule has 1 unspecified atom stereocenters. The smallest absolute Gasteiger partial charge is 0.177 e. The first-order valence-electron chi connectivity index (χ1n) is 10.6. The second kappa shape index (κ2) is 8.06. The summed E-state index contributed by atoms with van der Waals surface area (Å²) in [4.78, 5) is 13.0. The summed E-state index contributed by atoms with van der Waals surface area (Å²) < 4.78 is 54.6. The van der Waals surface area contributed by atoms with Crippen LogP contribution in [0, 0.1) is 18.6 Å². The van der Waals surface area contributed by atoms with Crippen molar-refractivity contribution >= 4 is 15.7 Å². The summed E-state index contributed by atoms with van der Waals surface area (Å²) in [7, 11) is -3.50. The van der Waals surface area contributed by atoms with Crippen LogP contribution < -0.4 is 5.73 Å².